The Hall–Kier alpha value is -1.61. The van der Waals surface area contributed by atoms with E-state index in [9.17, 15) is 18.0 Å². The van der Waals surface area contributed by atoms with Crippen LogP contribution in [0.1, 0.15) is 12.8 Å². The molecule has 0 aromatic heterocycles. The van der Waals surface area contributed by atoms with Crippen LogP contribution in [0.5, 0.6) is 0 Å². The normalized spacial score (nSPS) is 31.1. The first-order valence-electron chi connectivity index (χ1n) is 6.19. The van der Waals surface area contributed by atoms with Crippen LogP contribution in [0.15, 0.2) is 11.5 Å². The number of hydrogen-bond donors (Lipinski definition) is 3. The molecule has 0 saturated carbocycles. The molecule has 1 fully saturated rings. The summed E-state index contributed by atoms with van der Waals surface area (Å²) < 4.78 is 27.5. The fourth-order valence-corrected chi connectivity index (χ4v) is 3.36. The molecule has 8 nitrogen and oxygen atoms in total. The molecule has 3 atom stereocenters. The van der Waals surface area contributed by atoms with E-state index in [-0.39, 0.29) is 18.4 Å². The number of carbonyl (C=O) groups excluding carboxylic acids is 1. The van der Waals surface area contributed by atoms with Crippen LogP contribution in [0.4, 0.5) is 4.79 Å². The molecule has 2 aliphatic rings. The van der Waals surface area contributed by atoms with Gasteiger partial charge in [0.25, 0.3) is 0 Å². The summed E-state index contributed by atoms with van der Waals surface area (Å²) in [5.41, 5.74) is 0. The summed E-state index contributed by atoms with van der Waals surface area (Å²) in [6.07, 6.45) is 1.26. The van der Waals surface area contributed by atoms with Crippen molar-refractivity contribution in [1.29, 1.82) is 0 Å². The molecular weight excluding hydrogens is 288 g/mol. The summed E-state index contributed by atoms with van der Waals surface area (Å²) >= 11 is 0. The van der Waals surface area contributed by atoms with Crippen LogP contribution in [-0.4, -0.2) is 56.1 Å². The minimum Gasteiger partial charge on any atom is -0.479 e. The highest BCUT2D eigenvalue weighted by Crippen LogP contribution is 2.19. The van der Waals surface area contributed by atoms with Crippen LogP contribution < -0.4 is 10.6 Å². The summed E-state index contributed by atoms with van der Waals surface area (Å²) in [4.78, 5) is 22.2. The van der Waals surface area contributed by atoms with E-state index >= 15 is 0 Å². The summed E-state index contributed by atoms with van der Waals surface area (Å²) in [6, 6.07) is -1.03. The van der Waals surface area contributed by atoms with Crippen molar-refractivity contribution in [2.75, 3.05) is 12.3 Å². The number of aliphatic carboxylic acids is 1. The van der Waals surface area contributed by atoms with Gasteiger partial charge in [0.1, 0.15) is 0 Å². The Labute approximate surface area is 116 Å². The van der Waals surface area contributed by atoms with E-state index in [2.05, 4.69) is 10.6 Å². The Bertz CT molecular complexity index is 529. The van der Waals surface area contributed by atoms with E-state index in [1.807, 2.05) is 0 Å². The maximum Gasteiger partial charge on any atom is 0.332 e. The Morgan fingerprint density at radius 3 is 2.65 bits per heavy atom. The van der Waals surface area contributed by atoms with Crippen LogP contribution >= 0.6 is 0 Å². The monoisotopic (exact) mass is 304 g/mol. The van der Waals surface area contributed by atoms with Gasteiger partial charge in [-0.25, -0.2) is 18.0 Å². The van der Waals surface area contributed by atoms with Crippen LogP contribution in [0.3, 0.4) is 0 Å². The van der Waals surface area contributed by atoms with Gasteiger partial charge in [0, 0.05) is 12.0 Å². The predicted octanol–water partition coefficient (Wildman–Crippen LogP) is -0.771. The van der Waals surface area contributed by atoms with Crippen molar-refractivity contribution in [2.24, 2.45) is 0 Å². The summed E-state index contributed by atoms with van der Waals surface area (Å²) in [6.45, 7) is 0.193. The van der Waals surface area contributed by atoms with Gasteiger partial charge < -0.3 is 20.5 Å². The maximum absolute atomic E-state index is 11.6. The number of rotatable bonds is 4. The number of urea groups is 1. The van der Waals surface area contributed by atoms with Crippen molar-refractivity contribution in [3.63, 3.8) is 0 Å². The quantitative estimate of drug-likeness (QED) is 0.627. The molecule has 0 bridgehead atoms. The van der Waals surface area contributed by atoms with E-state index in [1.165, 1.54) is 6.08 Å². The third kappa shape index (κ3) is 3.94. The number of hydrogen-bond acceptors (Lipinski definition) is 5. The van der Waals surface area contributed by atoms with Gasteiger partial charge in [-0.1, -0.05) is 0 Å². The standard InChI is InChI=1S/C11H16N2O6S/c14-10(15)9-2-1-8(19-9)5-12-11(16)13-7-3-4-20(17,18)6-7/h3-4,7-9H,1-2,5-6H2,(H,14,15)(H2,12,13,16). The Balaban J connectivity index is 1.69. The highest BCUT2D eigenvalue weighted by atomic mass is 32.2. The minimum absolute atomic E-state index is 0.137. The van der Waals surface area contributed by atoms with Gasteiger partial charge in [0.15, 0.2) is 15.9 Å². The lowest BCUT2D eigenvalue weighted by molar-refractivity contribution is -0.149. The fraction of sp³-hybridized carbons (Fsp3) is 0.636. The van der Waals surface area contributed by atoms with E-state index in [1.54, 1.807) is 0 Å². The van der Waals surface area contributed by atoms with Gasteiger partial charge in [-0.3, -0.25) is 0 Å². The SMILES string of the molecule is O=C(NCC1CCC(C(=O)O)O1)NC1C=CS(=O)(=O)C1. The average molecular weight is 304 g/mol. The maximum atomic E-state index is 11.6. The number of ether oxygens (including phenoxy) is 1. The lowest BCUT2D eigenvalue weighted by Gasteiger charge is -2.14. The van der Waals surface area contributed by atoms with Crippen molar-refractivity contribution in [3.05, 3.63) is 11.5 Å². The van der Waals surface area contributed by atoms with E-state index in [0.717, 1.165) is 5.41 Å². The highest BCUT2D eigenvalue weighted by molar-refractivity contribution is 7.94. The second-order valence-electron chi connectivity index (χ2n) is 4.78. The van der Waals surface area contributed by atoms with Gasteiger partial charge in [0.05, 0.1) is 17.9 Å². The van der Waals surface area contributed by atoms with Crippen molar-refractivity contribution < 1.29 is 27.9 Å². The molecule has 2 rings (SSSR count). The molecule has 0 aliphatic carbocycles. The Morgan fingerprint density at radius 2 is 2.10 bits per heavy atom. The Morgan fingerprint density at radius 1 is 1.35 bits per heavy atom. The zero-order valence-electron chi connectivity index (χ0n) is 10.6. The average Bonchev–Trinajstić information content (AvgIpc) is 2.93. The molecule has 2 amide bonds. The lowest BCUT2D eigenvalue weighted by Crippen LogP contribution is -2.44. The van der Waals surface area contributed by atoms with Crippen LogP contribution in [-0.2, 0) is 19.4 Å². The van der Waals surface area contributed by atoms with Crippen LogP contribution in [0.25, 0.3) is 0 Å². The number of sulfone groups is 1. The third-order valence-electron chi connectivity index (χ3n) is 3.12. The molecule has 3 unspecified atom stereocenters. The molecule has 9 heteroatoms. The first kappa shape index (κ1) is 14.8. The summed E-state index contributed by atoms with van der Waals surface area (Å²) in [5.74, 6) is -1.14. The van der Waals surface area contributed by atoms with Gasteiger partial charge in [0.2, 0.25) is 0 Å². The molecule has 3 N–H and O–H groups in total. The van der Waals surface area contributed by atoms with Crippen molar-refractivity contribution >= 4 is 21.8 Å². The van der Waals surface area contributed by atoms with Crippen LogP contribution in [0.2, 0.25) is 0 Å². The number of carboxylic acid groups (broad SMARTS) is 1. The summed E-state index contributed by atoms with van der Waals surface area (Å²) in [7, 11) is -3.20. The van der Waals surface area contributed by atoms with Gasteiger partial charge in [-0.15, -0.1) is 0 Å². The number of carboxylic acids is 1. The van der Waals surface area contributed by atoms with Crippen molar-refractivity contribution in [3.8, 4) is 0 Å². The first-order valence-corrected chi connectivity index (χ1v) is 7.91. The molecule has 0 aromatic rings. The predicted molar refractivity (Wildman–Crippen MR) is 68.8 cm³/mol. The van der Waals surface area contributed by atoms with Crippen molar-refractivity contribution in [1.82, 2.24) is 10.6 Å². The van der Waals surface area contributed by atoms with E-state index < -0.39 is 34.0 Å². The second-order valence-corrected chi connectivity index (χ2v) is 6.71. The molecule has 2 aliphatic heterocycles. The molecular formula is C11H16N2O6S. The van der Waals surface area contributed by atoms with Gasteiger partial charge in [-0.2, -0.15) is 0 Å². The largest absolute Gasteiger partial charge is 0.479 e. The third-order valence-corrected chi connectivity index (χ3v) is 4.52. The number of carbonyl (C=O) groups is 2. The molecule has 1 saturated heterocycles. The van der Waals surface area contributed by atoms with Crippen LogP contribution in [0, 0.1) is 0 Å². The van der Waals surface area contributed by atoms with Gasteiger partial charge in [-0.05, 0) is 18.9 Å². The highest BCUT2D eigenvalue weighted by Gasteiger charge is 2.30. The number of nitrogens with one attached hydrogen (secondary N) is 2. The fourth-order valence-electron chi connectivity index (χ4n) is 2.13. The molecule has 0 radical (unpaired) electrons. The summed E-state index contributed by atoms with van der Waals surface area (Å²) in [5, 5.41) is 14.9. The van der Waals surface area contributed by atoms with E-state index in [0.29, 0.717) is 12.8 Å². The molecule has 2 heterocycles. The topological polar surface area (TPSA) is 122 Å². The minimum atomic E-state index is -3.20. The zero-order chi connectivity index (χ0) is 14.8. The molecule has 0 spiro atoms. The smallest absolute Gasteiger partial charge is 0.332 e. The first-order chi connectivity index (χ1) is 9.35. The molecule has 20 heavy (non-hydrogen) atoms. The second kappa shape index (κ2) is 5.80. The lowest BCUT2D eigenvalue weighted by atomic mass is 10.2. The molecule has 0 aromatic carbocycles. The molecule has 112 valence electrons. The van der Waals surface area contributed by atoms with E-state index in [4.69, 9.17) is 9.84 Å². The number of amides is 2. The Kier molecular flexibility index (Phi) is 4.29. The van der Waals surface area contributed by atoms with Crippen molar-refractivity contribution in [2.45, 2.75) is 31.1 Å². The van der Waals surface area contributed by atoms with Gasteiger partial charge >= 0.3 is 12.0 Å². The zero-order valence-corrected chi connectivity index (χ0v) is 11.4.